The summed E-state index contributed by atoms with van der Waals surface area (Å²) < 4.78 is 0. The molecular weight excluding hydrogens is 168 g/mol. The van der Waals surface area contributed by atoms with Crippen LogP contribution in [-0.2, 0) is 5.41 Å². The van der Waals surface area contributed by atoms with E-state index >= 15 is 0 Å². The Bertz CT molecular complexity index is 327. The predicted octanol–water partition coefficient (Wildman–Crippen LogP) is 4.25. The molecule has 0 N–H and O–H groups in total. The molecule has 2 unspecified atom stereocenters. The zero-order valence-electron chi connectivity index (χ0n) is 9.51. The second kappa shape index (κ2) is 3.42. The molecule has 0 heteroatoms. The largest absolute Gasteiger partial charge is 0.0645 e. The molecule has 0 amide bonds. The molecule has 76 valence electrons. The van der Waals surface area contributed by atoms with Crippen molar-refractivity contribution in [3.05, 3.63) is 35.4 Å². The summed E-state index contributed by atoms with van der Waals surface area (Å²) in [7, 11) is 0. The SMILES string of the molecule is CCC1(C)CCC(C)c2ccccc21. The smallest absolute Gasteiger partial charge is 0.00748 e. The minimum Gasteiger partial charge on any atom is -0.0645 e. The van der Waals surface area contributed by atoms with E-state index in [2.05, 4.69) is 45.0 Å². The first-order valence-corrected chi connectivity index (χ1v) is 5.77. The second-order valence-corrected chi connectivity index (χ2v) is 4.94. The first kappa shape index (κ1) is 9.76. The molecule has 0 heterocycles. The van der Waals surface area contributed by atoms with Crippen molar-refractivity contribution in [2.24, 2.45) is 0 Å². The van der Waals surface area contributed by atoms with Crippen LogP contribution >= 0.6 is 0 Å². The molecule has 1 aromatic rings. The van der Waals surface area contributed by atoms with Crippen molar-refractivity contribution in [2.75, 3.05) is 0 Å². The van der Waals surface area contributed by atoms with Gasteiger partial charge in [-0.05, 0) is 41.7 Å². The maximum absolute atomic E-state index is 2.41. The van der Waals surface area contributed by atoms with E-state index in [0.717, 1.165) is 5.92 Å². The lowest BCUT2D eigenvalue weighted by atomic mass is 9.67. The van der Waals surface area contributed by atoms with Crippen LogP contribution in [-0.4, -0.2) is 0 Å². The highest BCUT2D eigenvalue weighted by molar-refractivity contribution is 5.38. The summed E-state index contributed by atoms with van der Waals surface area (Å²) in [6.45, 7) is 7.08. The minimum absolute atomic E-state index is 0.434. The number of fused-ring (bicyclic) bond motifs is 1. The lowest BCUT2D eigenvalue weighted by Gasteiger charge is -2.38. The van der Waals surface area contributed by atoms with E-state index in [-0.39, 0.29) is 0 Å². The van der Waals surface area contributed by atoms with Crippen LogP contribution in [0.3, 0.4) is 0 Å². The van der Waals surface area contributed by atoms with Crippen molar-refractivity contribution in [3.63, 3.8) is 0 Å². The quantitative estimate of drug-likeness (QED) is 0.618. The highest BCUT2D eigenvalue weighted by Crippen LogP contribution is 2.44. The van der Waals surface area contributed by atoms with Crippen molar-refractivity contribution < 1.29 is 0 Å². The third-order valence-corrected chi connectivity index (χ3v) is 4.05. The maximum Gasteiger partial charge on any atom is -0.00748 e. The molecule has 0 spiro atoms. The fraction of sp³-hybridized carbons (Fsp3) is 0.571. The Morgan fingerprint density at radius 3 is 2.79 bits per heavy atom. The molecule has 0 nitrogen and oxygen atoms in total. The van der Waals surface area contributed by atoms with Crippen LogP contribution in [0.2, 0.25) is 0 Å². The van der Waals surface area contributed by atoms with Crippen molar-refractivity contribution in [2.45, 2.75) is 51.4 Å². The summed E-state index contributed by atoms with van der Waals surface area (Å²) in [5.41, 5.74) is 3.62. The van der Waals surface area contributed by atoms with Gasteiger partial charge in [0.2, 0.25) is 0 Å². The van der Waals surface area contributed by atoms with Gasteiger partial charge in [0.05, 0.1) is 0 Å². The van der Waals surface area contributed by atoms with Gasteiger partial charge in [0, 0.05) is 0 Å². The summed E-state index contributed by atoms with van der Waals surface area (Å²) >= 11 is 0. The van der Waals surface area contributed by atoms with E-state index in [1.165, 1.54) is 19.3 Å². The predicted molar refractivity (Wildman–Crippen MR) is 61.7 cm³/mol. The zero-order chi connectivity index (χ0) is 10.2. The van der Waals surface area contributed by atoms with E-state index in [9.17, 15) is 0 Å². The lowest BCUT2D eigenvalue weighted by molar-refractivity contribution is 0.359. The Kier molecular flexibility index (Phi) is 2.38. The summed E-state index contributed by atoms with van der Waals surface area (Å²) in [5, 5.41) is 0. The van der Waals surface area contributed by atoms with Gasteiger partial charge < -0.3 is 0 Å². The Morgan fingerprint density at radius 2 is 2.07 bits per heavy atom. The molecule has 2 atom stereocenters. The van der Waals surface area contributed by atoms with E-state index in [0.29, 0.717) is 5.41 Å². The molecule has 0 aromatic heterocycles. The van der Waals surface area contributed by atoms with Gasteiger partial charge in [-0.25, -0.2) is 0 Å². The van der Waals surface area contributed by atoms with Crippen LogP contribution in [0, 0.1) is 0 Å². The Hall–Kier alpha value is -0.780. The van der Waals surface area contributed by atoms with Gasteiger partial charge >= 0.3 is 0 Å². The third-order valence-electron chi connectivity index (χ3n) is 4.05. The number of benzene rings is 1. The maximum atomic E-state index is 2.41. The van der Waals surface area contributed by atoms with Crippen LogP contribution in [0.15, 0.2) is 24.3 Å². The van der Waals surface area contributed by atoms with E-state index in [1.54, 1.807) is 11.1 Å². The molecule has 1 aliphatic rings. The summed E-state index contributed by atoms with van der Waals surface area (Å²) in [6.07, 6.45) is 3.96. The van der Waals surface area contributed by atoms with Crippen LogP contribution < -0.4 is 0 Å². The molecule has 14 heavy (non-hydrogen) atoms. The number of rotatable bonds is 1. The van der Waals surface area contributed by atoms with E-state index in [4.69, 9.17) is 0 Å². The minimum atomic E-state index is 0.434. The monoisotopic (exact) mass is 188 g/mol. The van der Waals surface area contributed by atoms with Crippen molar-refractivity contribution in [1.82, 2.24) is 0 Å². The van der Waals surface area contributed by atoms with Crippen LogP contribution in [0.4, 0.5) is 0 Å². The summed E-state index contributed by atoms with van der Waals surface area (Å²) in [6, 6.07) is 9.00. The van der Waals surface area contributed by atoms with Crippen molar-refractivity contribution in [3.8, 4) is 0 Å². The second-order valence-electron chi connectivity index (χ2n) is 4.94. The first-order chi connectivity index (χ1) is 6.67. The Labute approximate surface area is 87.3 Å². The molecule has 2 rings (SSSR count). The Balaban J connectivity index is 2.52. The van der Waals surface area contributed by atoms with Gasteiger partial charge in [-0.15, -0.1) is 0 Å². The lowest BCUT2D eigenvalue weighted by Crippen LogP contribution is -2.27. The average molecular weight is 188 g/mol. The van der Waals surface area contributed by atoms with Gasteiger partial charge in [-0.3, -0.25) is 0 Å². The van der Waals surface area contributed by atoms with E-state index in [1.807, 2.05) is 0 Å². The molecule has 0 saturated carbocycles. The van der Waals surface area contributed by atoms with Gasteiger partial charge in [0.1, 0.15) is 0 Å². The number of hydrogen-bond acceptors (Lipinski definition) is 0. The van der Waals surface area contributed by atoms with Gasteiger partial charge in [-0.2, -0.15) is 0 Å². The van der Waals surface area contributed by atoms with Crippen LogP contribution in [0.1, 0.15) is 57.1 Å². The molecule has 0 saturated heterocycles. The van der Waals surface area contributed by atoms with Gasteiger partial charge in [0.15, 0.2) is 0 Å². The Morgan fingerprint density at radius 1 is 1.36 bits per heavy atom. The summed E-state index contributed by atoms with van der Waals surface area (Å²) in [5.74, 6) is 0.755. The van der Waals surface area contributed by atoms with Crippen LogP contribution in [0.25, 0.3) is 0 Å². The zero-order valence-corrected chi connectivity index (χ0v) is 9.51. The molecule has 0 aliphatic heterocycles. The van der Waals surface area contributed by atoms with Crippen molar-refractivity contribution in [1.29, 1.82) is 0 Å². The normalized spacial score (nSPS) is 31.2. The molecular formula is C14H20. The molecule has 0 bridgehead atoms. The fourth-order valence-electron chi connectivity index (χ4n) is 2.67. The third kappa shape index (κ3) is 1.37. The highest BCUT2D eigenvalue weighted by atomic mass is 14.4. The topological polar surface area (TPSA) is 0 Å². The molecule has 1 aliphatic carbocycles. The summed E-state index contributed by atoms with van der Waals surface area (Å²) in [4.78, 5) is 0. The standard InChI is InChI=1S/C14H20/c1-4-14(3)10-9-11(2)12-7-5-6-8-13(12)14/h5-8,11H,4,9-10H2,1-3H3. The number of hydrogen-bond donors (Lipinski definition) is 0. The fourth-order valence-corrected chi connectivity index (χ4v) is 2.67. The average Bonchev–Trinajstić information content (AvgIpc) is 2.24. The van der Waals surface area contributed by atoms with Gasteiger partial charge in [-0.1, -0.05) is 45.0 Å². The molecule has 1 aromatic carbocycles. The first-order valence-electron chi connectivity index (χ1n) is 5.77. The highest BCUT2D eigenvalue weighted by Gasteiger charge is 2.32. The van der Waals surface area contributed by atoms with E-state index < -0.39 is 0 Å². The van der Waals surface area contributed by atoms with Crippen LogP contribution in [0.5, 0.6) is 0 Å². The van der Waals surface area contributed by atoms with Crippen molar-refractivity contribution >= 4 is 0 Å². The molecule has 0 radical (unpaired) electrons. The van der Waals surface area contributed by atoms with Gasteiger partial charge in [0.25, 0.3) is 0 Å². The molecule has 0 fully saturated rings.